The minimum Gasteiger partial charge on any atom is -0.271 e. The molecule has 0 bridgehead atoms. The SMILES string of the molecule is C=CCONC(=O)CN1C(=O)S/C(=C\CCCC)C1=O. The predicted molar refractivity (Wildman–Crippen MR) is 76.6 cm³/mol. The molecule has 0 aromatic carbocycles. The van der Waals surface area contributed by atoms with Crippen molar-refractivity contribution >= 4 is 28.8 Å². The maximum atomic E-state index is 12.0. The number of nitrogens with one attached hydrogen (secondary N) is 1. The van der Waals surface area contributed by atoms with Gasteiger partial charge in [-0.25, -0.2) is 5.48 Å². The molecule has 0 saturated carbocycles. The number of carbonyl (C=O) groups is 3. The maximum absolute atomic E-state index is 12.0. The lowest BCUT2D eigenvalue weighted by Crippen LogP contribution is -2.39. The number of hydrogen-bond acceptors (Lipinski definition) is 5. The summed E-state index contributed by atoms with van der Waals surface area (Å²) >= 11 is 0.864. The number of nitrogens with zero attached hydrogens (tertiary/aromatic N) is 1. The Morgan fingerprint density at radius 3 is 2.90 bits per heavy atom. The highest BCUT2D eigenvalue weighted by Gasteiger charge is 2.35. The first kappa shape index (κ1) is 16.5. The Kier molecular flexibility index (Phi) is 7.03. The molecular weight excluding hydrogens is 280 g/mol. The standard InChI is InChI=1S/C13H18N2O4S/c1-3-5-6-7-10-12(17)15(13(18)20-10)9-11(16)14-19-8-4-2/h4,7H,2-3,5-6,8-9H2,1H3,(H,14,16)/b10-7-. The first-order chi connectivity index (χ1) is 9.60. The van der Waals surface area contributed by atoms with E-state index in [2.05, 4.69) is 12.1 Å². The molecule has 1 rings (SSSR count). The summed E-state index contributed by atoms with van der Waals surface area (Å²) in [6, 6.07) is 0. The second-order valence-corrected chi connectivity index (χ2v) is 5.09. The van der Waals surface area contributed by atoms with Gasteiger partial charge in [0, 0.05) is 0 Å². The third kappa shape index (κ3) is 4.82. The van der Waals surface area contributed by atoms with E-state index in [9.17, 15) is 14.4 Å². The average Bonchev–Trinajstić information content (AvgIpc) is 2.67. The van der Waals surface area contributed by atoms with E-state index >= 15 is 0 Å². The number of carbonyl (C=O) groups excluding carboxylic acids is 3. The molecular formula is C13H18N2O4S. The number of thioether (sulfide) groups is 1. The lowest BCUT2D eigenvalue weighted by molar-refractivity contribution is -0.136. The number of unbranched alkanes of at least 4 members (excludes halogenated alkanes) is 2. The van der Waals surface area contributed by atoms with E-state index < -0.39 is 17.1 Å². The van der Waals surface area contributed by atoms with Crippen LogP contribution in [0.2, 0.25) is 0 Å². The zero-order valence-corrected chi connectivity index (χ0v) is 12.2. The number of allylic oxidation sites excluding steroid dienone is 1. The van der Waals surface area contributed by atoms with Crippen molar-refractivity contribution in [3.8, 4) is 0 Å². The van der Waals surface area contributed by atoms with Crippen molar-refractivity contribution in [2.75, 3.05) is 13.2 Å². The number of amides is 3. The van der Waals surface area contributed by atoms with Crippen molar-refractivity contribution < 1.29 is 19.2 Å². The van der Waals surface area contributed by atoms with E-state index in [0.29, 0.717) is 4.91 Å². The van der Waals surface area contributed by atoms with Crippen LogP contribution in [0.25, 0.3) is 0 Å². The molecule has 3 amide bonds. The van der Waals surface area contributed by atoms with Gasteiger partial charge in [0.1, 0.15) is 6.54 Å². The van der Waals surface area contributed by atoms with Gasteiger partial charge >= 0.3 is 0 Å². The van der Waals surface area contributed by atoms with Crippen molar-refractivity contribution in [1.82, 2.24) is 10.4 Å². The summed E-state index contributed by atoms with van der Waals surface area (Å²) in [6.07, 6.45) is 5.95. The van der Waals surface area contributed by atoms with Gasteiger partial charge in [0.05, 0.1) is 11.5 Å². The van der Waals surface area contributed by atoms with Crippen LogP contribution in [0.1, 0.15) is 26.2 Å². The summed E-state index contributed by atoms with van der Waals surface area (Å²) in [4.78, 5) is 41.2. The van der Waals surface area contributed by atoms with Crippen molar-refractivity contribution in [1.29, 1.82) is 0 Å². The van der Waals surface area contributed by atoms with Crippen molar-refractivity contribution in [2.24, 2.45) is 0 Å². The van der Waals surface area contributed by atoms with Crippen molar-refractivity contribution in [3.63, 3.8) is 0 Å². The normalized spacial score (nSPS) is 16.9. The van der Waals surface area contributed by atoms with Crippen LogP contribution in [0.4, 0.5) is 4.79 Å². The minimum atomic E-state index is -0.552. The van der Waals surface area contributed by atoms with Gasteiger partial charge in [-0.05, 0) is 18.2 Å². The van der Waals surface area contributed by atoms with Crippen molar-refractivity contribution in [3.05, 3.63) is 23.6 Å². The smallest absolute Gasteiger partial charge is 0.271 e. The lowest BCUT2D eigenvalue weighted by Gasteiger charge is -2.11. The van der Waals surface area contributed by atoms with Gasteiger partial charge in [-0.2, -0.15) is 0 Å². The minimum absolute atomic E-state index is 0.157. The van der Waals surface area contributed by atoms with Crippen LogP contribution in [0.15, 0.2) is 23.6 Å². The number of imide groups is 1. The summed E-state index contributed by atoms with van der Waals surface area (Å²) in [5, 5.41) is -0.434. The summed E-state index contributed by atoms with van der Waals surface area (Å²) < 4.78 is 0. The number of hydrogen-bond donors (Lipinski definition) is 1. The molecule has 1 aliphatic heterocycles. The van der Waals surface area contributed by atoms with Gasteiger partial charge in [-0.1, -0.05) is 31.9 Å². The molecule has 1 heterocycles. The van der Waals surface area contributed by atoms with Crippen LogP contribution < -0.4 is 5.48 Å². The van der Waals surface area contributed by atoms with E-state index in [1.807, 2.05) is 6.92 Å². The molecule has 0 aromatic heterocycles. The van der Waals surface area contributed by atoms with E-state index in [1.54, 1.807) is 6.08 Å². The lowest BCUT2D eigenvalue weighted by atomic mass is 10.2. The van der Waals surface area contributed by atoms with Crippen LogP contribution in [0.5, 0.6) is 0 Å². The average molecular weight is 298 g/mol. The zero-order valence-electron chi connectivity index (χ0n) is 11.4. The van der Waals surface area contributed by atoms with Gasteiger partial charge in [0.2, 0.25) is 0 Å². The van der Waals surface area contributed by atoms with Crippen LogP contribution in [-0.4, -0.2) is 35.1 Å². The zero-order chi connectivity index (χ0) is 15.0. The first-order valence-electron chi connectivity index (χ1n) is 6.35. The first-order valence-corrected chi connectivity index (χ1v) is 7.17. The molecule has 0 radical (unpaired) electrons. The Labute approximate surface area is 122 Å². The van der Waals surface area contributed by atoms with Crippen molar-refractivity contribution in [2.45, 2.75) is 26.2 Å². The molecule has 6 nitrogen and oxygen atoms in total. The fraction of sp³-hybridized carbons (Fsp3) is 0.462. The number of rotatable bonds is 8. The molecule has 1 aliphatic rings. The molecule has 1 fully saturated rings. The Morgan fingerprint density at radius 1 is 1.50 bits per heavy atom. The summed E-state index contributed by atoms with van der Waals surface area (Å²) in [5.74, 6) is -0.973. The molecule has 0 aromatic rings. The summed E-state index contributed by atoms with van der Waals surface area (Å²) in [6.45, 7) is 5.29. The molecule has 20 heavy (non-hydrogen) atoms. The highest BCUT2D eigenvalue weighted by atomic mass is 32.2. The monoisotopic (exact) mass is 298 g/mol. The topological polar surface area (TPSA) is 75.7 Å². The van der Waals surface area contributed by atoms with Crippen LogP contribution in [0.3, 0.4) is 0 Å². The molecule has 110 valence electrons. The maximum Gasteiger partial charge on any atom is 0.294 e. The Balaban J connectivity index is 2.52. The molecule has 0 aliphatic carbocycles. The predicted octanol–water partition coefficient (Wildman–Crippen LogP) is 1.99. The molecule has 0 unspecified atom stereocenters. The highest BCUT2D eigenvalue weighted by molar-refractivity contribution is 8.18. The van der Waals surface area contributed by atoms with E-state index in [-0.39, 0.29) is 13.2 Å². The molecule has 1 N–H and O–H groups in total. The van der Waals surface area contributed by atoms with Crippen LogP contribution >= 0.6 is 11.8 Å². The van der Waals surface area contributed by atoms with Crippen LogP contribution in [-0.2, 0) is 14.4 Å². The van der Waals surface area contributed by atoms with E-state index in [1.165, 1.54) is 6.08 Å². The Morgan fingerprint density at radius 2 is 2.25 bits per heavy atom. The molecule has 0 spiro atoms. The fourth-order valence-electron chi connectivity index (χ4n) is 1.47. The highest BCUT2D eigenvalue weighted by Crippen LogP contribution is 2.30. The second-order valence-electron chi connectivity index (χ2n) is 4.09. The fourth-order valence-corrected chi connectivity index (χ4v) is 2.31. The third-order valence-corrected chi connectivity index (χ3v) is 3.41. The van der Waals surface area contributed by atoms with Gasteiger partial charge in [-0.15, -0.1) is 6.58 Å². The molecule has 0 atom stereocenters. The number of hydroxylamine groups is 1. The van der Waals surface area contributed by atoms with E-state index in [4.69, 9.17) is 4.84 Å². The van der Waals surface area contributed by atoms with Gasteiger partial charge < -0.3 is 0 Å². The largest absolute Gasteiger partial charge is 0.294 e. The van der Waals surface area contributed by atoms with E-state index in [0.717, 1.165) is 35.9 Å². The van der Waals surface area contributed by atoms with Gasteiger partial charge in [0.15, 0.2) is 0 Å². The van der Waals surface area contributed by atoms with Crippen LogP contribution in [0, 0.1) is 0 Å². The summed E-state index contributed by atoms with van der Waals surface area (Å²) in [5.41, 5.74) is 2.13. The van der Waals surface area contributed by atoms with Gasteiger partial charge in [-0.3, -0.25) is 24.1 Å². The van der Waals surface area contributed by atoms with Gasteiger partial charge in [0.25, 0.3) is 17.1 Å². The third-order valence-electron chi connectivity index (χ3n) is 2.45. The molecule has 7 heteroatoms. The summed E-state index contributed by atoms with van der Waals surface area (Å²) in [7, 11) is 0. The second kappa shape index (κ2) is 8.55. The quantitative estimate of drug-likeness (QED) is 0.321. The Bertz CT molecular complexity index is 434. The Hall–Kier alpha value is -1.60. The molecule has 1 saturated heterocycles.